The van der Waals surface area contributed by atoms with Crippen LogP contribution in [0, 0.1) is 0 Å². The molecule has 3 aromatic rings. The van der Waals surface area contributed by atoms with E-state index >= 15 is 0 Å². The zero-order chi connectivity index (χ0) is 15.7. The Morgan fingerprint density at radius 1 is 1.00 bits per heavy atom. The fourth-order valence-corrected chi connectivity index (χ4v) is 2.35. The van der Waals surface area contributed by atoms with Crippen molar-refractivity contribution in [1.82, 2.24) is 15.0 Å². The zero-order valence-corrected chi connectivity index (χ0v) is 11.9. The van der Waals surface area contributed by atoms with Gasteiger partial charge in [0.2, 0.25) is 10.0 Å². The van der Waals surface area contributed by atoms with Crippen LogP contribution in [-0.2, 0) is 10.0 Å². The Balaban J connectivity index is 1.93. The van der Waals surface area contributed by atoms with Gasteiger partial charge in [0.05, 0.1) is 10.6 Å². The fourth-order valence-electron chi connectivity index (χ4n) is 1.84. The van der Waals surface area contributed by atoms with Crippen LogP contribution >= 0.6 is 0 Å². The number of hydrogen-bond donors (Lipinski definition) is 3. The zero-order valence-electron chi connectivity index (χ0n) is 11.1. The van der Waals surface area contributed by atoms with Crippen LogP contribution in [0.3, 0.4) is 0 Å². The van der Waals surface area contributed by atoms with Gasteiger partial charge < -0.3 is 10.7 Å². The summed E-state index contributed by atoms with van der Waals surface area (Å²) in [5.74, 6) is 0.720. The number of fused-ring (bicyclic) bond motifs is 1. The highest BCUT2D eigenvalue weighted by Crippen LogP contribution is 2.28. The molecule has 1 aromatic carbocycles. The largest absolute Gasteiger partial charge is 0.383 e. The van der Waals surface area contributed by atoms with Crippen LogP contribution in [-0.4, -0.2) is 23.4 Å². The van der Waals surface area contributed by atoms with Crippen LogP contribution in [0.1, 0.15) is 0 Å². The highest BCUT2D eigenvalue weighted by Gasteiger charge is 2.10. The van der Waals surface area contributed by atoms with E-state index in [4.69, 9.17) is 10.9 Å². The molecule has 0 fully saturated rings. The van der Waals surface area contributed by atoms with E-state index in [9.17, 15) is 8.42 Å². The number of sulfonamides is 1. The second kappa shape index (κ2) is 5.16. The number of primary sulfonamides is 1. The number of azo groups is 1. The van der Waals surface area contributed by atoms with E-state index in [2.05, 4.69) is 25.2 Å². The first-order valence-corrected chi connectivity index (χ1v) is 7.62. The van der Waals surface area contributed by atoms with Crippen LogP contribution in [0.15, 0.2) is 51.8 Å². The fraction of sp³-hybridized carbons (Fsp3) is 0. The summed E-state index contributed by atoms with van der Waals surface area (Å²) in [5, 5.41) is 13.0. The van der Waals surface area contributed by atoms with E-state index in [-0.39, 0.29) is 4.90 Å². The molecule has 0 bridgehead atoms. The number of anilines is 1. The topological polar surface area (TPSA) is 152 Å². The maximum Gasteiger partial charge on any atom is 0.238 e. The van der Waals surface area contributed by atoms with Crippen molar-refractivity contribution in [3.63, 3.8) is 0 Å². The van der Waals surface area contributed by atoms with Crippen molar-refractivity contribution in [3.05, 3.63) is 36.7 Å². The number of hydrogen-bond acceptors (Lipinski definition) is 7. The molecule has 9 nitrogen and oxygen atoms in total. The molecule has 0 aliphatic heterocycles. The first-order valence-electron chi connectivity index (χ1n) is 6.08. The molecule has 0 saturated heterocycles. The van der Waals surface area contributed by atoms with E-state index in [1.807, 2.05) is 0 Å². The summed E-state index contributed by atoms with van der Waals surface area (Å²) in [4.78, 5) is 11.1. The molecule has 0 radical (unpaired) electrons. The van der Waals surface area contributed by atoms with Gasteiger partial charge in [-0.05, 0) is 24.3 Å². The number of aromatic amines is 1. The number of nitrogens with zero attached hydrogens (tertiary/aromatic N) is 4. The van der Waals surface area contributed by atoms with E-state index in [0.29, 0.717) is 28.4 Å². The summed E-state index contributed by atoms with van der Waals surface area (Å²) in [6.45, 7) is 0. The third-order valence-electron chi connectivity index (χ3n) is 2.86. The molecule has 0 aliphatic carbocycles. The van der Waals surface area contributed by atoms with Crippen LogP contribution < -0.4 is 10.9 Å². The van der Waals surface area contributed by atoms with Gasteiger partial charge in [0.15, 0.2) is 5.82 Å². The molecule has 0 amide bonds. The number of nitrogens with one attached hydrogen (secondary N) is 1. The number of rotatable bonds is 3. The number of nitrogen functional groups attached to an aromatic ring is 1. The van der Waals surface area contributed by atoms with E-state index in [1.54, 1.807) is 0 Å². The number of benzene rings is 1. The Kier molecular flexibility index (Phi) is 3.31. The van der Waals surface area contributed by atoms with Crippen LogP contribution in [0.5, 0.6) is 0 Å². The number of nitrogens with two attached hydrogens (primary N) is 2. The lowest BCUT2D eigenvalue weighted by molar-refractivity contribution is 0.598. The quantitative estimate of drug-likeness (QED) is 0.626. The molecular formula is C12H11N7O2S. The minimum atomic E-state index is -3.73. The van der Waals surface area contributed by atoms with Gasteiger partial charge in [0.25, 0.3) is 0 Å². The van der Waals surface area contributed by atoms with Gasteiger partial charge in [-0.25, -0.2) is 23.5 Å². The van der Waals surface area contributed by atoms with Gasteiger partial charge >= 0.3 is 0 Å². The summed E-state index contributed by atoms with van der Waals surface area (Å²) in [7, 11) is -3.73. The molecule has 0 atom stereocenters. The van der Waals surface area contributed by atoms with Crippen LogP contribution in [0.4, 0.5) is 17.3 Å². The predicted molar refractivity (Wildman–Crippen MR) is 80.3 cm³/mol. The lowest BCUT2D eigenvalue weighted by Crippen LogP contribution is -2.11. The Hall–Kier alpha value is -2.85. The average Bonchev–Trinajstić information content (AvgIpc) is 2.82. The Labute approximate surface area is 125 Å². The molecule has 2 heterocycles. The second-order valence-corrected chi connectivity index (χ2v) is 5.94. The maximum atomic E-state index is 11.2. The molecule has 10 heteroatoms. The number of H-pyrrole nitrogens is 1. The molecule has 112 valence electrons. The van der Waals surface area contributed by atoms with Crippen molar-refractivity contribution in [2.45, 2.75) is 4.90 Å². The van der Waals surface area contributed by atoms with E-state index < -0.39 is 10.0 Å². The summed E-state index contributed by atoms with van der Waals surface area (Å²) in [6.07, 6.45) is 3.05. The molecule has 0 unspecified atom stereocenters. The summed E-state index contributed by atoms with van der Waals surface area (Å²) in [5.41, 5.74) is 7.25. The second-order valence-electron chi connectivity index (χ2n) is 4.38. The third-order valence-corrected chi connectivity index (χ3v) is 3.79. The smallest absolute Gasteiger partial charge is 0.238 e. The highest BCUT2D eigenvalue weighted by atomic mass is 32.2. The van der Waals surface area contributed by atoms with Crippen molar-refractivity contribution in [1.29, 1.82) is 0 Å². The molecule has 0 saturated carbocycles. The van der Waals surface area contributed by atoms with Gasteiger partial charge in [-0.1, -0.05) is 0 Å². The number of aromatic nitrogens is 3. The lowest BCUT2D eigenvalue weighted by atomic mass is 10.3. The molecule has 22 heavy (non-hydrogen) atoms. The maximum absolute atomic E-state index is 11.2. The molecule has 0 aliphatic rings. The molecule has 5 N–H and O–H groups in total. The normalized spacial score (nSPS) is 12.2. The first-order chi connectivity index (χ1) is 10.4. The minimum Gasteiger partial charge on any atom is -0.383 e. The summed E-state index contributed by atoms with van der Waals surface area (Å²) < 4.78 is 22.3. The molecule has 0 spiro atoms. The molecule has 2 aromatic heterocycles. The van der Waals surface area contributed by atoms with Crippen molar-refractivity contribution in [2.24, 2.45) is 15.4 Å². The van der Waals surface area contributed by atoms with Gasteiger partial charge in [-0.3, -0.25) is 0 Å². The van der Waals surface area contributed by atoms with Gasteiger partial charge in [-0.15, -0.1) is 10.2 Å². The van der Waals surface area contributed by atoms with E-state index in [0.717, 1.165) is 0 Å². The minimum absolute atomic E-state index is 0.00637. The van der Waals surface area contributed by atoms with Crippen molar-refractivity contribution >= 4 is 38.4 Å². The molecular weight excluding hydrogens is 306 g/mol. The van der Waals surface area contributed by atoms with Crippen LogP contribution in [0.2, 0.25) is 0 Å². The Morgan fingerprint density at radius 3 is 2.27 bits per heavy atom. The SMILES string of the molecule is Nc1[nH]c(N=Nc2ccc(S(N)(=O)=O)cc2)c2nccnc12. The highest BCUT2D eigenvalue weighted by molar-refractivity contribution is 7.89. The Bertz CT molecular complexity index is 961. The van der Waals surface area contributed by atoms with Crippen molar-refractivity contribution in [3.8, 4) is 0 Å². The van der Waals surface area contributed by atoms with Crippen molar-refractivity contribution < 1.29 is 8.42 Å². The first kappa shape index (κ1) is 14.1. The summed E-state index contributed by atoms with van der Waals surface area (Å²) in [6, 6.07) is 5.68. The van der Waals surface area contributed by atoms with Crippen LogP contribution in [0.25, 0.3) is 11.0 Å². The predicted octanol–water partition coefficient (Wildman–Crippen LogP) is 1.60. The van der Waals surface area contributed by atoms with Gasteiger partial charge in [-0.2, -0.15) is 0 Å². The van der Waals surface area contributed by atoms with Crippen molar-refractivity contribution in [2.75, 3.05) is 5.73 Å². The Morgan fingerprint density at radius 2 is 1.64 bits per heavy atom. The average molecular weight is 317 g/mol. The van der Waals surface area contributed by atoms with Gasteiger partial charge in [0, 0.05) is 12.4 Å². The lowest BCUT2D eigenvalue weighted by Gasteiger charge is -1.97. The standard InChI is InChI=1S/C12H11N7O2S/c13-11-9-10(16-6-5-15-9)12(17-11)19-18-7-1-3-8(4-2-7)22(14,20)21/h1-6,17H,13H2,(H2,14,20,21). The third kappa shape index (κ3) is 2.64. The van der Waals surface area contributed by atoms with E-state index in [1.165, 1.54) is 36.7 Å². The summed E-state index contributed by atoms with van der Waals surface area (Å²) >= 11 is 0. The monoisotopic (exact) mass is 317 g/mol. The van der Waals surface area contributed by atoms with Gasteiger partial charge in [0.1, 0.15) is 16.9 Å². The molecule has 3 rings (SSSR count).